The van der Waals surface area contributed by atoms with Crippen molar-refractivity contribution < 1.29 is 18.7 Å². The highest BCUT2D eigenvalue weighted by molar-refractivity contribution is 5.89. The molecule has 2 aromatic carbocycles. The van der Waals surface area contributed by atoms with Gasteiger partial charge in [-0.2, -0.15) is 0 Å². The Morgan fingerprint density at radius 2 is 1.70 bits per heavy atom. The third-order valence-electron chi connectivity index (χ3n) is 6.08. The van der Waals surface area contributed by atoms with Crippen LogP contribution in [0, 0.1) is 19.7 Å². The van der Waals surface area contributed by atoms with Crippen molar-refractivity contribution in [1.82, 2.24) is 5.32 Å². The number of aryl methyl sites for hydroxylation is 1. The fourth-order valence-electron chi connectivity index (χ4n) is 4.38. The molecule has 0 bridgehead atoms. The van der Waals surface area contributed by atoms with Gasteiger partial charge in [0.25, 0.3) is 0 Å². The number of benzene rings is 2. The van der Waals surface area contributed by atoms with E-state index in [1.807, 2.05) is 26.0 Å². The van der Waals surface area contributed by atoms with Crippen LogP contribution in [0.1, 0.15) is 55.7 Å². The van der Waals surface area contributed by atoms with Crippen LogP contribution in [0.2, 0.25) is 0 Å². The molecule has 1 N–H and O–H groups in total. The fraction of sp³-hybridized carbons (Fsp3) is 0.440. The highest BCUT2D eigenvalue weighted by Gasteiger charge is 2.42. The molecule has 1 amide bonds. The van der Waals surface area contributed by atoms with E-state index in [0.717, 1.165) is 47.1 Å². The summed E-state index contributed by atoms with van der Waals surface area (Å²) in [6.45, 7) is 6.04. The molecular weight excluding hydrogens is 381 g/mol. The Morgan fingerprint density at radius 3 is 2.33 bits per heavy atom. The Balaban J connectivity index is 1.84. The van der Waals surface area contributed by atoms with Gasteiger partial charge in [-0.1, -0.05) is 43.5 Å². The summed E-state index contributed by atoms with van der Waals surface area (Å²) in [5.41, 5.74) is 3.91. The molecule has 1 saturated carbocycles. The maximum Gasteiger partial charge on any atom is 0.331 e. The first-order valence-electron chi connectivity index (χ1n) is 10.7. The van der Waals surface area contributed by atoms with Gasteiger partial charge < -0.3 is 10.1 Å². The molecule has 30 heavy (non-hydrogen) atoms. The summed E-state index contributed by atoms with van der Waals surface area (Å²) in [5.74, 6) is -0.779. The molecule has 0 aliphatic heterocycles. The number of esters is 1. The Bertz CT molecular complexity index is 915. The standard InChI is InChI=1S/C25H30FNO3/c1-4-30-24(29)25(14-6-5-7-15-25)27-23(28)16-22-17(2)8-13-21(18(22)3)19-9-11-20(26)12-10-19/h8-13H,4-7,14-16H2,1-3H3,(H,27,28). The molecule has 0 aromatic heterocycles. The summed E-state index contributed by atoms with van der Waals surface area (Å²) in [6, 6.07) is 10.3. The Kier molecular flexibility index (Phi) is 6.91. The quantitative estimate of drug-likeness (QED) is 0.678. The number of nitrogens with one attached hydrogen (secondary N) is 1. The van der Waals surface area contributed by atoms with Crippen molar-refractivity contribution in [2.45, 2.75) is 64.8 Å². The Labute approximate surface area is 177 Å². The van der Waals surface area contributed by atoms with Crippen molar-refractivity contribution in [3.8, 4) is 11.1 Å². The second kappa shape index (κ2) is 9.41. The highest BCUT2D eigenvalue weighted by Crippen LogP contribution is 2.31. The lowest BCUT2D eigenvalue weighted by molar-refractivity contribution is -0.155. The largest absolute Gasteiger partial charge is 0.464 e. The van der Waals surface area contributed by atoms with Crippen LogP contribution in [0.3, 0.4) is 0 Å². The zero-order chi connectivity index (χ0) is 21.7. The fourth-order valence-corrected chi connectivity index (χ4v) is 4.38. The summed E-state index contributed by atoms with van der Waals surface area (Å²) in [6.07, 6.45) is 4.29. The van der Waals surface area contributed by atoms with Crippen molar-refractivity contribution >= 4 is 11.9 Å². The average Bonchev–Trinajstić information content (AvgIpc) is 2.73. The van der Waals surface area contributed by atoms with Gasteiger partial charge in [0.15, 0.2) is 0 Å². The van der Waals surface area contributed by atoms with Crippen LogP contribution in [-0.4, -0.2) is 24.0 Å². The Morgan fingerprint density at radius 1 is 1.03 bits per heavy atom. The molecule has 0 atom stereocenters. The summed E-state index contributed by atoms with van der Waals surface area (Å²) < 4.78 is 18.6. The molecule has 1 aliphatic rings. The minimum Gasteiger partial charge on any atom is -0.464 e. The van der Waals surface area contributed by atoms with Crippen molar-refractivity contribution in [1.29, 1.82) is 0 Å². The molecule has 5 heteroatoms. The number of carbonyl (C=O) groups is 2. The summed E-state index contributed by atoms with van der Waals surface area (Å²) in [5, 5.41) is 3.02. The zero-order valence-electron chi connectivity index (χ0n) is 18.0. The number of carbonyl (C=O) groups excluding carboxylic acids is 2. The third kappa shape index (κ3) is 4.72. The molecule has 0 unspecified atom stereocenters. The number of rotatable bonds is 6. The number of ether oxygens (including phenoxy) is 1. The summed E-state index contributed by atoms with van der Waals surface area (Å²) >= 11 is 0. The molecular formula is C25H30FNO3. The molecule has 2 aromatic rings. The molecule has 160 valence electrons. The minimum absolute atomic E-state index is 0.174. The average molecular weight is 412 g/mol. The van der Waals surface area contributed by atoms with E-state index in [2.05, 4.69) is 5.32 Å². The van der Waals surface area contributed by atoms with Crippen molar-refractivity contribution in [2.24, 2.45) is 0 Å². The van der Waals surface area contributed by atoms with Gasteiger partial charge in [0, 0.05) is 0 Å². The molecule has 3 rings (SSSR count). The molecule has 1 aliphatic carbocycles. The van der Waals surface area contributed by atoms with Crippen molar-refractivity contribution in [3.05, 3.63) is 58.9 Å². The van der Waals surface area contributed by atoms with E-state index in [4.69, 9.17) is 4.74 Å². The van der Waals surface area contributed by atoms with E-state index in [9.17, 15) is 14.0 Å². The van der Waals surface area contributed by atoms with E-state index >= 15 is 0 Å². The zero-order valence-corrected chi connectivity index (χ0v) is 18.0. The third-order valence-corrected chi connectivity index (χ3v) is 6.08. The lowest BCUT2D eigenvalue weighted by Crippen LogP contribution is -2.56. The molecule has 0 heterocycles. The van der Waals surface area contributed by atoms with Gasteiger partial charge >= 0.3 is 5.97 Å². The van der Waals surface area contributed by atoms with E-state index in [0.29, 0.717) is 19.4 Å². The molecule has 0 radical (unpaired) electrons. The van der Waals surface area contributed by atoms with Crippen LogP contribution >= 0.6 is 0 Å². The number of amides is 1. The number of hydrogen-bond acceptors (Lipinski definition) is 3. The topological polar surface area (TPSA) is 55.4 Å². The van der Waals surface area contributed by atoms with Crippen LogP contribution in [0.25, 0.3) is 11.1 Å². The predicted octanol–water partition coefficient (Wildman–Crippen LogP) is 5.03. The van der Waals surface area contributed by atoms with E-state index < -0.39 is 5.54 Å². The van der Waals surface area contributed by atoms with Gasteiger partial charge in [0.1, 0.15) is 11.4 Å². The maximum absolute atomic E-state index is 13.3. The smallest absolute Gasteiger partial charge is 0.331 e. The normalized spacial score (nSPS) is 15.5. The summed E-state index contributed by atoms with van der Waals surface area (Å²) in [4.78, 5) is 25.7. The SMILES string of the molecule is CCOC(=O)C1(NC(=O)Cc2c(C)ccc(-c3ccc(F)cc3)c2C)CCCCC1. The first-order valence-corrected chi connectivity index (χ1v) is 10.7. The lowest BCUT2D eigenvalue weighted by Gasteiger charge is -2.35. The first-order chi connectivity index (χ1) is 14.4. The van der Waals surface area contributed by atoms with Gasteiger partial charge in [-0.15, -0.1) is 0 Å². The molecule has 1 fully saturated rings. The lowest BCUT2D eigenvalue weighted by atomic mass is 9.81. The number of halogens is 1. The van der Waals surface area contributed by atoms with Crippen LogP contribution in [-0.2, 0) is 20.7 Å². The second-order valence-corrected chi connectivity index (χ2v) is 8.13. The first kappa shape index (κ1) is 22.0. The van der Waals surface area contributed by atoms with Crippen LogP contribution in [0.5, 0.6) is 0 Å². The van der Waals surface area contributed by atoms with Crippen LogP contribution in [0.15, 0.2) is 36.4 Å². The van der Waals surface area contributed by atoms with Gasteiger partial charge in [-0.05, 0) is 73.6 Å². The van der Waals surface area contributed by atoms with Gasteiger partial charge in [0.2, 0.25) is 5.91 Å². The van der Waals surface area contributed by atoms with E-state index in [1.165, 1.54) is 12.1 Å². The van der Waals surface area contributed by atoms with Crippen LogP contribution in [0.4, 0.5) is 4.39 Å². The van der Waals surface area contributed by atoms with Gasteiger partial charge in [0.05, 0.1) is 13.0 Å². The van der Waals surface area contributed by atoms with Gasteiger partial charge in [-0.25, -0.2) is 9.18 Å². The minimum atomic E-state index is -0.915. The molecule has 0 spiro atoms. The van der Waals surface area contributed by atoms with Gasteiger partial charge in [-0.3, -0.25) is 4.79 Å². The number of hydrogen-bond donors (Lipinski definition) is 1. The maximum atomic E-state index is 13.3. The molecule has 0 saturated heterocycles. The van der Waals surface area contributed by atoms with E-state index in [1.54, 1.807) is 19.1 Å². The van der Waals surface area contributed by atoms with Crippen molar-refractivity contribution in [3.63, 3.8) is 0 Å². The monoisotopic (exact) mass is 411 g/mol. The molecule has 4 nitrogen and oxygen atoms in total. The second-order valence-electron chi connectivity index (χ2n) is 8.13. The summed E-state index contributed by atoms with van der Waals surface area (Å²) in [7, 11) is 0. The predicted molar refractivity (Wildman–Crippen MR) is 116 cm³/mol. The van der Waals surface area contributed by atoms with Crippen molar-refractivity contribution in [2.75, 3.05) is 6.61 Å². The van der Waals surface area contributed by atoms with Crippen LogP contribution < -0.4 is 5.32 Å². The highest BCUT2D eigenvalue weighted by atomic mass is 19.1. The van der Waals surface area contributed by atoms with E-state index in [-0.39, 0.29) is 24.1 Å². The Hall–Kier alpha value is -2.69.